The molecule has 1 aromatic rings. The summed E-state index contributed by atoms with van der Waals surface area (Å²) in [5.74, 6) is 0.189. The Bertz CT molecular complexity index is 477. The number of Topliss-reactive ketones (excluding diaryl/α,β-unsaturated/α-hetero) is 1. The maximum atomic E-state index is 11.8. The van der Waals surface area contributed by atoms with Crippen LogP contribution in [0.25, 0.3) is 6.08 Å². The van der Waals surface area contributed by atoms with Gasteiger partial charge in [-0.3, -0.25) is 4.79 Å². The Labute approximate surface area is 100 Å². The van der Waals surface area contributed by atoms with Crippen LogP contribution in [0.3, 0.4) is 0 Å². The van der Waals surface area contributed by atoms with Gasteiger partial charge in [0.1, 0.15) is 0 Å². The lowest BCUT2D eigenvalue weighted by Gasteiger charge is -2.34. The molecule has 1 spiro atoms. The van der Waals surface area contributed by atoms with E-state index < -0.39 is 0 Å². The van der Waals surface area contributed by atoms with Gasteiger partial charge in [-0.1, -0.05) is 36.4 Å². The number of hydrogen-bond acceptors (Lipinski definition) is 1. The first-order valence-electron chi connectivity index (χ1n) is 5.67. The summed E-state index contributed by atoms with van der Waals surface area (Å²) in [6, 6.07) is 8.33. The van der Waals surface area contributed by atoms with E-state index >= 15 is 0 Å². The van der Waals surface area contributed by atoms with Crippen LogP contribution in [0.2, 0.25) is 0 Å². The van der Waals surface area contributed by atoms with Gasteiger partial charge < -0.3 is 0 Å². The smallest absolute Gasteiger partial charge is 0.151 e. The highest BCUT2D eigenvalue weighted by molar-refractivity contribution is 6.31. The molecule has 2 aliphatic rings. The van der Waals surface area contributed by atoms with E-state index in [0.717, 1.165) is 12.8 Å². The SMILES string of the molecule is O=C1CC2(C=Cc3ccccc32)CCC1Cl. The van der Waals surface area contributed by atoms with E-state index in [2.05, 4.69) is 24.3 Å². The van der Waals surface area contributed by atoms with Crippen molar-refractivity contribution in [1.29, 1.82) is 0 Å². The van der Waals surface area contributed by atoms with Crippen molar-refractivity contribution in [2.24, 2.45) is 0 Å². The number of halogens is 1. The summed E-state index contributed by atoms with van der Waals surface area (Å²) < 4.78 is 0. The summed E-state index contributed by atoms with van der Waals surface area (Å²) in [7, 11) is 0. The lowest BCUT2D eigenvalue weighted by Crippen LogP contribution is -2.35. The highest BCUT2D eigenvalue weighted by Gasteiger charge is 2.41. The maximum absolute atomic E-state index is 11.8. The van der Waals surface area contributed by atoms with Crippen molar-refractivity contribution < 1.29 is 4.79 Å². The number of carbonyl (C=O) groups excluding carboxylic acids is 1. The Balaban J connectivity index is 2.03. The third-order valence-electron chi connectivity index (χ3n) is 3.76. The van der Waals surface area contributed by atoms with E-state index in [-0.39, 0.29) is 16.6 Å². The van der Waals surface area contributed by atoms with Crippen LogP contribution >= 0.6 is 11.6 Å². The van der Waals surface area contributed by atoms with Crippen LogP contribution in [0.5, 0.6) is 0 Å². The van der Waals surface area contributed by atoms with Crippen molar-refractivity contribution in [2.45, 2.75) is 30.1 Å². The molecule has 0 aliphatic heterocycles. The van der Waals surface area contributed by atoms with Crippen molar-refractivity contribution in [3.63, 3.8) is 0 Å². The highest BCUT2D eigenvalue weighted by atomic mass is 35.5. The average Bonchev–Trinajstić information content (AvgIpc) is 2.65. The van der Waals surface area contributed by atoms with Gasteiger partial charge in [0.2, 0.25) is 0 Å². The fraction of sp³-hybridized carbons (Fsp3) is 0.357. The van der Waals surface area contributed by atoms with Gasteiger partial charge >= 0.3 is 0 Å². The number of alkyl halides is 1. The first kappa shape index (κ1) is 10.1. The molecule has 2 atom stereocenters. The fourth-order valence-electron chi connectivity index (χ4n) is 2.86. The van der Waals surface area contributed by atoms with Crippen molar-refractivity contribution in [3.8, 4) is 0 Å². The van der Waals surface area contributed by atoms with Crippen LogP contribution in [0.4, 0.5) is 0 Å². The van der Waals surface area contributed by atoms with Gasteiger partial charge in [0.15, 0.2) is 5.78 Å². The molecule has 3 rings (SSSR count). The first-order chi connectivity index (χ1) is 7.71. The molecule has 0 radical (unpaired) electrons. The van der Waals surface area contributed by atoms with Gasteiger partial charge in [-0.2, -0.15) is 0 Å². The fourth-order valence-corrected chi connectivity index (χ4v) is 3.05. The summed E-state index contributed by atoms with van der Waals surface area (Å²) >= 11 is 5.98. The molecule has 2 heteroatoms. The number of rotatable bonds is 0. The largest absolute Gasteiger partial charge is 0.298 e. The predicted octanol–water partition coefficient (Wildman–Crippen LogP) is 3.31. The molecule has 2 unspecified atom stereocenters. The van der Waals surface area contributed by atoms with Crippen LogP contribution in [0.1, 0.15) is 30.4 Å². The van der Waals surface area contributed by atoms with Crippen molar-refractivity contribution in [1.82, 2.24) is 0 Å². The Morgan fingerprint density at radius 3 is 2.94 bits per heavy atom. The Morgan fingerprint density at radius 1 is 1.31 bits per heavy atom. The molecule has 16 heavy (non-hydrogen) atoms. The zero-order valence-electron chi connectivity index (χ0n) is 8.95. The van der Waals surface area contributed by atoms with Crippen LogP contribution in [-0.2, 0) is 10.2 Å². The summed E-state index contributed by atoms with van der Waals surface area (Å²) in [5, 5.41) is -0.271. The van der Waals surface area contributed by atoms with E-state index in [1.807, 2.05) is 12.1 Å². The van der Waals surface area contributed by atoms with Crippen molar-refractivity contribution >= 4 is 23.5 Å². The third-order valence-corrected chi connectivity index (χ3v) is 4.22. The Morgan fingerprint density at radius 2 is 2.12 bits per heavy atom. The molecular weight excluding hydrogens is 220 g/mol. The summed E-state index contributed by atoms with van der Waals surface area (Å²) in [6.45, 7) is 0. The van der Waals surface area contributed by atoms with Gasteiger partial charge in [-0.25, -0.2) is 0 Å². The lowest BCUT2D eigenvalue weighted by molar-refractivity contribution is -0.121. The molecule has 1 saturated carbocycles. The van der Waals surface area contributed by atoms with Crippen LogP contribution in [0.15, 0.2) is 30.3 Å². The number of fused-ring (bicyclic) bond motifs is 2. The molecule has 1 aromatic carbocycles. The first-order valence-corrected chi connectivity index (χ1v) is 6.10. The zero-order valence-corrected chi connectivity index (χ0v) is 9.70. The second-order valence-electron chi connectivity index (χ2n) is 4.73. The molecular formula is C14H13ClO. The third kappa shape index (κ3) is 1.35. The minimum atomic E-state index is -0.271. The van der Waals surface area contributed by atoms with Crippen LogP contribution in [0, 0.1) is 0 Å². The van der Waals surface area contributed by atoms with Crippen molar-refractivity contribution in [2.75, 3.05) is 0 Å². The molecule has 0 amide bonds. The molecule has 2 aliphatic carbocycles. The van der Waals surface area contributed by atoms with E-state index in [1.165, 1.54) is 11.1 Å². The van der Waals surface area contributed by atoms with Crippen LogP contribution < -0.4 is 0 Å². The Kier molecular flexibility index (Phi) is 2.18. The lowest BCUT2D eigenvalue weighted by atomic mass is 9.70. The topological polar surface area (TPSA) is 17.1 Å². The second-order valence-corrected chi connectivity index (χ2v) is 5.25. The van der Waals surface area contributed by atoms with Gasteiger partial charge in [-0.15, -0.1) is 11.6 Å². The molecule has 82 valence electrons. The van der Waals surface area contributed by atoms with Gasteiger partial charge in [0, 0.05) is 11.8 Å². The molecule has 1 fully saturated rings. The van der Waals surface area contributed by atoms with Gasteiger partial charge in [0.25, 0.3) is 0 Å². The maximum Gasteiger partial charge on any atom is 0.151 e. The monoisotopic (exact) mass is 232 g/mol. The minimum absolute atomic E-state index is 0.0565. The summed E-state index contributed by atoms with van der Waals surface area (Å²) in [4.78, 5) is 11.8. The molecule has 1 nitrogen and oxygen atoms in total. The average molecular weight is 233 g/mol. The molecule has 0 bridgehead atoms. The van der Waals surface area contributed by atoms with Gasteiger partial charge in [-0.05, 0) is 24.0 Å². The number of ketones is 1. The predicted molar refractivity (Wildman–Crippen MR) is 65.7 cm³/mol. The molecule has 0 aromatic heterocycles. The van der Waals surface area contributed by atoms with Gasteiger partial charge in [0.05, 0.1) is 5.38 Å². The Hall–Kier alpha value is -1.08. The normalized spacial score (nSPS) is 32.1. The zero-order chi connectivity index (χ0) is 11.2. The summed E-state index contributed by atoms with van der Waals surface area (Å²) in [5.41, 5.74) is 2.49. The number of allylic oxidation sites excluding steroid dienone is 1. The summed E-state index contributed by atoms with van der Waals surface area (Å²) in [6.07, 6.45) is 6.67. The van der Waals surface area contributed by atoms with Crippen LogP contribution in [-0.4, -0.2) is 11.2 Å². The number of hydrogen-bond donors (Lipinski definition) is 0. The van der Waals surface area contributed by atoms with E-state index in [1.54, 1.807) is 0 Å². The van der Waals surface area contributed by atoms with E-state index in [9.17, 15) is 4.79 Å². The number of benzene rings is 1. The highest BCUT2D eigenvalue weighted by Crippen LogP contribution is 2.45. The quantitative estimate of drug-likeness (QED) is 0.628. The van der Waals surface area contributed by atoms with Crippen molar-refractivity contribution in [3.05, 3.63) is 41.5 Å². The number of carbonyl (C=O) groups is 1. The van der Waals surface area contributed by atoms with E-state index in [0.29, 0.717) is 6.42 Å². The minimum Gasteiger partial charge on any atom is -0.298 e. The second kappa shape index (κ2) is 3.46. The molecule has 0 N–H and O–H groups in total. The van der Waals surface area contributed by atoms with E-state index in [4.69, 9.17) is 11.6 Å². The standard InChI is InChI=1S/C14H13ClO/c15-12-6-8-14(9-13(12)16)7-5-10-3-1-2-4-11(10)14/h1-5,7,12H,6,8-9H2. The molecule has 0 heterocycles. The molecule has 0 saturated heterocycles.